The molecular weight excluding hydrogens is 338 g/mol. The van der Waals surface area contributed by atoms with Crippen LogP contribution in [0.1, 0.15) is 12.0 Å². The zero-order valence-corrected chi connectivity index (χ0v) is 15.3. The van der Waals surface area contributed by atoms with Crippen LogP contribution >= 0.6 is 0 Å². The molecule has 3 aromatic carbocycles. The molecule has 0 radical (unpaired) electrons. The summed E-state index contributed by atoms with van der Waals surface area (Å²) in [6, 6.07) is 18.7. The quantitative estimate of drug-likeness (QED) is 0.413. The third kappa shape index (κ3) is 4.15. The lowest BCUT2D eigenvalue weighted by Crippen LogP contribution is -3.14. The summed E-state index contributed by atoms with van der Waals surface area (Å²) >= 11 is 0. The average Bonchev–Trinajstić information content (AvgIpc) is 2.72. The Bertz CT molecular complexity index is 924. The average molecular weight is 362 g/mol. The summed E-state index contributed by atoms with van der Waals surface area (Å²) in [5, 5.41) is 8.84. The van der Waals surface area contributed by atoms with Gasteiger partial charge in [-0.25, -0.2) is 5.43 Å². The van der Waals surface area contributed by atoms with Gasteiger partial charge in [-0.05, 0) is 27.6 Å². The molecule has 0 aromatic heterocycles. The van der Waals surface area contributed by atoms with E-state index in [9.17, 15) is 4.79 Å². The third-order valence-electron chi connectivity index (χ3n) is 5.10. The fourth-order valence-electron chi connectivity index (χ4n) is 3.61. The Morgan fingerprint density at radius 1 is 1.04 bits per heavy atom. The number of carbonyl (C=O) groups excluding carboxylic acids is 1. The first-order valence-electron chi connectivity index (χ1n) is 9.45. The van der Waals surface area contributed by atoms with Crippen molar-refractivity contribution in [2.24, 2.45) is 5.10 Å². The lowest BCUT2D eigenvalue weighted by atomic mass is 9.97. The fourth-order valence-corrected chi connectivity index (χ4v) is 3.61. The maximum absolute atomic E-state index is 12.1. The van der Waals surface area contributed by atoms with Crippen LogP contribution in [0.3, 0.4) is 0 Å². The van der Waals surface area contributed by atoms with Gasteiger partial charge in [0.05, 0.1) is 32.4 Å². The van der Waals surface area contributed by atoms with E-state index in [1.54, 1.807) is 6.21 Å². The molecule has 1 heterocycles. The number of rotatable bonds is 5. The van der Waals surface area contributed by atoms with Crippen molar-refractivity contribution in [2.45, 2.75) is 6.42 Å². The van der Waals surface area contributed by atoms with E-state index < -0.39 is 0 Å². The molecule has 27 heavy (non-hydrogen) atoms. The van der Waals surface area contributed by atoms with Crippen LogP contribution in [0, 0.1) is 0 Å². The second-order valence-electron chi connectivity index (χ2n) is 6.89. The monoisotopic (exact) mass is 362 g/mol. The molecule has 5 heteroatoms. The summed E-state index contributed by atoms with van der Waals surface area (Å²) in [4.78, 5) is 13.6. The van der Waals surface area contributed by atoms with Crippen molar-refractivity contribution in [3.63, 3.8) is 0 Å². The molecule has 138 valence electrons. The zero-order chi connectivity index (χ0) is 18.5. The van der Waals surface area contributed by atoms with Crippen molar-refractivity contribution in [1.29, 1.82) is 0 Å². The SMILES string of the molecule is O=C(CC[NH+]1CCOCC1)N/N=C\c1c2ccccc2cc2ccccc12. The summed E-state index contributed by atoms with van der Waals surface area (Å²) in [5.41, 5.74) is 3.72. The number of hydrogen-bond donors (Lipinski definition) is 2. The predicted octanol–water partition coefficient (Wildman–Crippen LogP) is 1.75. The number of nitrogens with zero attached hydrogens (tertiary/aromatic N) is 1. The lowest BCUT2D eigenvalue weighted by Gasteiger charge is -2.23. The molecule has 0 atom stereocenters. The van der Waals surface area contributed by atoms with Crippen molar-refractivity contribution in [1.82, 2.24) is 5.43 Å². The van der Waals surface area contributed by atoms with Crippen LogP contribution in [0.4, 0.5) is 0 Å². The van der Waals surface area contributed by atoms with E-state index in [0.29, 0.717) is 6.42 Å². The summed E-state index contributed by atoms with van der Waals surface area (Å²) in [6.07, 6.45) is 2.24. The van der Waals surface area contributed by atoms with Crippen LogP contribution in [0.5, 0.6) is 0 Å². The van der Waals surface area contributed by atoms with E-state index >= 15 is 0 Å². The first-order chi connectivity index (χ1) is 13.3. The maximum atomic E-state index is 12.1. The van der Waals surface area contributed by atoms with Gasteiger partial charge in [0, 0.05) is 5.56 Å². The highest BCUT2D eigenvalue weighted by molar-refractivity contribution is 6.13. The number of ether oxygens (including phenoxy) is 1. The van der Waals surface area contributed by atoms with Gasteiger partial charge in [0.2, 0.25) is 5.91 Å². The Kier molecular flexibility index (Phi) is 5.42. The van der Waals surface area contributed by atoms with Crippen LogP contribution < -0.4 is 10.3 Å². The molecular formula is C22H24N3O2+. The summed E-state index contributed by atoms with van der Waals surface area (Å²) < 4.78 is 5.35. The largest absolute Gasteiger partial charge is 0.370 e. The Morgan fingerprint density at radius 2 is 1.67 bits per heavy atom. The first-order valence-corrected chi connectivity index (χ1v) is 9.45. The van der Waals surface area contributed by atoms with Crippen molar-refractivity contribution in [3.8, 4) is 0 Å². The van der Waals surface area contributed by atoms with Gasteiger partial charge in [-0.1, -0.05) is 48.5 Å². The molecule has 1 saturated heterocycles. The fraction of sp³-hybridized carbons (Fsp3) is 0.273. The topological polar surface area (TPSA) is 55.1 Å². The highest BCUT2D eigenvalue weighted by Crippen LogP contribution is 2.27. The number of quaternary nitrogens is 1. The van der Waals surface area contributed by atoms with Gasteiger partial charge < -0.3 is 9.64 Å². The predicted molar refractivity (Wildman–Crippen MR) is 108 cm³/mol. The molecule has 1 aliphatic rings. The summed E-state index contributed by atoms with van der Waals surface area (Å²) in [6.45, 7) is 4.32. The minimum atomic E-state index is -0.0465. The van der Waals surface area contributed by atoms with Gasteiger partial charge in [0.1, 0.15) is 13.1 Å². The van der Waals surface area contributed by atoms with Gasteiger partial charge in [0.25, 0.3) is 0 Å². The Labute approximate surface area is 158 Å². The van der Waals surface area contributed by atoms with Crippen LogP contribution in [-0.4, -0.2) is 45.0 Å². The van der Waals surface area contributed by atoms with Gasteiger partial charge in [-0.15, -0.1) is 0 Å². The van der Waals surface area contributed by atoms with Crippen molar-refractivity contribution in [2.75, 3.05) is 32.8 Å². The van der Waals surface area contributed by atoms with Crippen molar-refractivity contribution < 1.29 is 14.4 Å². The second-order valence-corrected chi connectivity index (χ2v) is 6.89. The molecule has 4 rings (SSSR count). The normalized spacial score (nSPS) is 15.6. The Morgan fingerprint density at radius 3 is 2.33 bits per heavy atom. The van der Waals surface area contributed by atoms with Crippen LogP contribution in [0.15, 0.2) is 59.7 Å². The standard InChI is InChI=1S/C22H23N3O2/c26-22(9-10-25-11-13-27-14-12-25)24-23-16-21-19-7-3-1-5-17(19)15-18-6-2-4-8-20(18)21/h1-8,15-16H,9-14H2,(H,24,26)/p+1/b23-16-. The molecule has 2 N–H and O–H groups in total. The molecule has 3 aromatic rings. The number of amides is 1. The number of carbonyl (C=O) groups is 1. The smallest absolute Gasteiger partial charge is 0.245 e. The molecule has 0 spiro atoms. The third-order valence-corrected chi connectivity index (χ3v) is 5.10. The van der Waals surface area contributed by atoms with Crippen LogP contribution in [-0.2, 0) is 9.53 Å². The Hall–Kier alpha value is -2.76. The summed E-state index contributed by atoms with van der Waals surface area (Å²) in [7, 11) is 0. The minimum Gasteiger partial charge on any atom is -0.370 e. The second kappa shape index (κ2) is 8.29. The number of hydrazone groups is 1. The van der Waals surface area contributed by atoms with E-state index in [2.05, 4.69) is 40.9 Å². The van der Waals surface area contributed by atoms with Gasteiger partial charge in [0.15, 0.2) is 0 Å². The molecule has 0 bridgehead atoms. The zero-order valence-electron chi connectivity index (χ0n) is 15.3. The summed E-state index contributed by atoms with van der Waals surface area (Å²) in [5.74, 6) is -0.0465. The number of morpholine rings is 1. The number of nitrogens with one attached hydrogen (secondary N) is 2. The minimum absolute atomic E-state index is 0.0465. The van der Waals surface area contributed by atoms with Gasteiger partial charge in [-0.3, -0.25) is 4.79 Å². The van der Waals surface area contributed by atoms with E-state index in [1.807, 2.05) is 24.3 Å². The van der Waals surface area contributed by atoms with Crippen molar-refractivity contribution in [3.05, 3.63) is 60.2 Å². The lowest BCUT2D eigenvalue weighted by molar-refractivity contribution is -0.907. The van der Waals surface area contributed by atoms with E-state index in [1.165, 1.54) is 15.7 Å². The van der Waals surface area contributed by atoms with E-state index in [0.717, 1.165) is 49.2 Å². The molecule has 1 fully saturated rings. The van der Waals surface area contributed by atoms with Crippen LogP contribution in [0.25, 0.3) is 21.5 Å². The molecule has 0 unspecified atom stereocenters. The maximum Gasteiger partial charge on any atom is 0.245 e. The van der Waals surface area contributed by atoms with Gasteiger partial charge in [-0.2, -0.15) is 5.10 Å². The van der Waals surface area contributed by atoms with Crippen LogP contribution in [0.2, 0.25) is 0 Å². The number of fused-ring (bicyclic) bond motifs is 2. The number of hydrogen-bond acceptors (Lipinski definition) is 3. The molecule has 0 aliphatic carbocycles. The number of benzene rings is 3. The van der Waals surface area contributed by atoms with Gasteiger partial charge >= 0.3 is 0 Å². The van der Waals surface area contributed by atoms with E-state index in [4.69, 9.17) is 4.74 Å². The molecule has 0 saturated carbocycles. The highest BCUT2D eigenvalue weighted by Gasteiger charge is 2.14. The Balaban J connectivity index is 1.49. The molecule has 5 nitrogen and oxygen atoms in total. The molecule has 1 aliphatic heterocycles. The first kappa shape index (κ1) is 17.6. The van der Waals surface area contributed by atoms with E-state index in [-0.39, 0.29) is 5.91 Å². The van der Waals surface area contributed by atoms with Crippen molar-refractivity contribution >= 4 is 33.7 Å². The molecule has 1 amide bonds. The highest BCUT2D eigenvalue weighted by atomic mass is 16.5.